The van der Waals surface area contributed by atoms with Crippen LogP contribution in [0.4, 0.5) is 13.2 Å². The van der Waals surface area contributed by atoms with E-state index < -0.39 is 46.4 Å². The van der Waals surface area contributed by atoms with Gasteiger partial charge in [-0.2, -0.15) is 14.9 Å². The van der Waals surface area contributed by atoms with E-state index in [9.17, 15) is 18.8 Å². The third-order valence-electron chi connectivity index (χ3n) is 4.67. The highest BCUT2D eigenvalue weighted by atomic mass is 79.9. The second-order valence-electron chi connectivity index (χ2n) is 7.26. The second kappa shape index (κ2) is 10.9. The molecule has 35 heavy (non-hydrogen) atoms. The van der Waals surface area contributed by atoms with Crippen LogP contribution in [0.2, 0.25) is 0 Å². The van der Waals surface area contributed by atoms with Crippen LogP contribution in [-0.2, 0) is 4.74 Å². The number of ether oxygens (including phenoxy) is 3. The van der Waals surface area contributed by atoms with Crippen LogP contribution in [0.15, 0.2) is 42.5 Å². The molecule has 0 radical (unpaired) electrons. The summed E-state index contributed by atoms with van der Waals surface area (Å²) in [7, 11) is 0. The Bertz CT molecular complexity index is 1360. The van der Waals surface area contributed by atoms with Crippen molar-refractivity contribution in [3.05, 3.63) is 76.6 Å². The Morgan fingerprint density at radius 2 is 1.57 bits per heavy atom. The molecule has 0 saturated carbocycles. The molecule has 0 aliphatic carbocycles. The Hall–Kier alpha value is -4.02. The van der Waals surface area contributed by atoms with Gasteiger partial charge in [-0.05, 0) is 53.5 Å². The van der Waals surface area contributed by atoms with Crippen LogP contribution in [0.25, 0.3) is 11.1 Å². The van der Waals surface area contributed by atoms with E-state index in [1.54, 1.807) is 38.1 Å². The van der Waals surface area contributed by atoms with E-state index in [2.05, 4.69) is 15.9 Å². The number of hydrogen-bond acceptors (Lipinski definition) is 6. The quantitative estimate of drug-likeness (QED) is 0.189. The lowest BCUT2D eigenvalue weighted by Crippen LogP contribution is -2.13. The van der Waals surface area contributed by atoms with E-state index in [-0.39, 0.29) is 22.4 Å². The lowest BCUT2D eigenvalue weighted by molar-refractivity contribution is 0.0375. The van der Waals surface area contributed by atoms with E-state index in [1.807, 2.05) is 0 Å². The Morgan fingerprint density at radius 3 is 2.14 bits per heavy atom. The van der Waals surface area contributed by atoms with Gasteiger partial charge in [0.25, 0.3) is 0 Å². The molecule has 0 heterocycles. The molecular formula is C25H16BrF3N2O4. The van der Waals surface area contributed by atoms with Crippen molar-refractivity contribution in [1.29, 1.82) is 10.5 Å². The van der Waals surface area contributed by atoms with E-state index in [1.165, 1.54) is 30.3 Å². The molecule has 0 aliphatic heterocycles. The van der Waals surface area contributed by atoms with Crippen molar-refractivity contribution in [2.75, 3.05) is 5.52 Å². The smallest absolute Gasteiger partial charge is 0.342 e. The molecule has 0 saturated heterocycles. The molecular weight excluding hydrogens is 529 g/mol. The van der Waals surface area contributed by atoms with Crippen molar-refractivity contribution in [2.24, 2.45) is 0 Å². The Balaban J connectivity index is 2.25. The molecule has 3 rings (SSSR count). The van der Waals surface area contributed by atoms with E-state index >= 15 is 4.39 Å². The highest BCUT2D eigenvalue weighted by Gasteiger charge is 2.29. The molecule has 0 fully saturated rings. The number of rotatable bonds is 7. The average molecular weight is 545 g/mol. The molecule has 0 atom stereocenters. The molecule has 0 N–H and O–H groups in total. The number of hydrogen-bond donors (Lipinski definition) is 0. The highest BCUT2D eigenvalue weighted by molar-refractivity contribution is 9.09. The summed E-state index contributed by atoms with van der Waals surface area (Å²) in [6.45, 7) is 3.22. The van der Waals surface area contributed by atoms with E-state index in [0.29, 0.717) is 11.3 Å². The van der Waals surface area contributed by atoms with Crippen molar-refractivity contribution >= 4 is 21.9 Å². The number of nitrogens with zero attached hydrogens (tertiary/aromatic N) is 2. The van der Waals surface area contributed by atoms with Gasteiger partial charge in [-0.1, -0.05) is 24.3 Å². The van der Waals surface area contributed by atoms with Crippen molar-refractivity contribution in [3.63, 3.8) is 0 Å². The van der Waals surface area contributed by atoms with E-state index in [4.69, 9.17) is 19.5 Å². The molecule has 3 aromatic carbocycles. The van der Waals surface area contributed by atoms with Crippen LogP contribution >= 0.6 is 15.9 Å². The third kappa shape index (κ3) is 5.23. The first-order valence-electron chi connectivity index (χ1n) is 10.0. The Labute approximate surface area is 207 Å². The van der Waals surface area contributed by atoms with Gasteiger partial charge in [0.2, 0.25) is 11.6 Å². The van der Waals surface area contributed by atoms with Gasteiger partial charge < -0.3 is 14.2 Å². The molecule has 178 valence electrons. The van der Waals surface area contributed by atoms with Gasteiger partial charge in [0, 0.05) is 5.56 Å². The van der Waals surface area contributed by atoms with Gasteiger partial charge in [-0.15, -0.1) is 0 Å². The number of nitriles is 2. The van der Waals surface area contributed by atoms with Crippen LogP contribution < -0.4 is 9.47 Å². The molecule has 0 bridgehead atoms. The number of benzene rings is 3. The fourth-order valence-electron chi connectivity index (χ4n) is 3.15. The zero-order valence-corrected chi connectivity index (χ0v) is 20.0. The minimum atomic E-state index is -1.82. The summed E-state index contributed by atoms with van der Waals surface area (Å²) in [5.74, 6) is -7.10. The van der Waals surface area contributed by atoms with Crippen LogP contribution in [0.3, 0.4) is 0 Å². The maximum absolute atomic E-state index is 15.0. The maximum Gasteiger partial charge on any atom is 0.342 e. The third-order valence-corrected chi connectivity index (χ3v) is 4.90. The first kappa shape index (κ1) is 25.6. The lowest BCUT2D eigenvalue weighted by atomic mass is 10.0. The largest absolute Gasteiger partial charge is 0.482 e. The zero-order valence-electron chi connectivity index (χ0n) is 18.4. The molecule has 10 heteroatoms. The lowest BCUT2D eigenvalue weighted by Gasteiger charge is -2.18. The first-order valence-corrected chi connectivity index (χ1v) is 11.2. The van der Waals surface area contributed by atoms with Crippen molar-refractivity contribution in [3.8, 4) is 40.5 Å². The zero-order chi connectivity index (χ0) is 25.7. The minimum absolute atomic E-state index is 0.195. The minimum Gasteiger partial charge on any atom is -0.482 e. The maximum atomic E-state index is 15.0. The number of alkyl halides is 1. The monoisotopic (exact) mass is 544 g/mol. The van der Waals surface area contributed by atoms with Gasteiger partial charge in [0.15, 0.2) is 11.6 Å². The topological polar surface area (TPSA) is 92.3 Å². The molecule has 0 spiro atoms. The summed E-state index contributed by atoms with van der Waals surface area (Å²) in [6, 6.07) is 13.4. The fourth-order valence-corrected chi connectivity index (χ4v) is 3.41. The van der Waals surface area contributed by atoms with Crippen LogP contribution in [0, 0.1) is 40.1 Å². The molecule has 3 aromatic rings. The van der Waals surface area contributed by atoms with Crippen molar-refractivity contribution < 1.29 is 32.2 Å². The summed E-state index contributed by atoms with van der Waals surface area (Å²) in [4.78, 5) is 12.8. The van der Waals surface area contributed by atoms with Crippen molar-refractivity contribution in [2.45, 2.75) is 20.0 Å². The second-order valence-corrected chi connectivity index (χ2v) is 7.72. The summed E-state index contributed by atoms with van der Waals surface area (Å²) in [5.41, 5.74) is -1.38. The Morgan fingerprint density at radius 1 is 0.943 bits per heavy atom. The number of para-hydroxylation sites is 1. The van der Waals surface area contributed by atoms with Crippen LogP contribution in [0.5, 0.6) is 17.2 Å². The number of halogens is 4. The number of carbonyl (C=O) groups excluding carboxylic acids is 1. The number of esters is 1. The molecule has 0 aliphatic rings. The predicted molar refractivity (Wildman–Crippen MR) is 123 cm³/mol. The molecule has 0 aromatic heterocycles. The van der Waals surface area contributed by atoms with Gasteiger partial charge in [0.1, 0.15) is 45.8 Å². The average Bonchev–Trinajstić information content (AvgIpc) is 2.84. The first-order chi connectivity index (χ1) is 16.7. The van der Waals surface area contributed by atoms with E-state index in [0.717, 1.165) is 0 Å². The normalized spacial score (nSPS) is 10.4. The van der Waals surface area contributed by atoms with Gasteiger partial charge >= 0.3 is 5.97 Å². The molecule has 0 amide bonds. The van der Waals surface area contributed by atoms with Gasteiger partial charge in [-0.25, -0.2) is 13.6 Å². The molecule has 6 nitrogen and oxygen atoms in total. The van der Waals surface area contributed by atoms with Crippen molar-refractivity contribution in [1.82, 2.24) is 0 Å². The summed E-state index contributed by atoms with van der Waals surface area (Å²) >= 11 is 3.15. The standard InChI is InChI=1S/C25H16BrF3N2O4/c1-13(2)34-25(32)17-5-3-4-16(14-6-8-15(9-7-14)33-12-26)23(17)35-24-21(28)19(11-31)18(10-30)20(27)22(24)29/h3-9,13H,12H2,1-2H3. The fraction of sp³-hybridized carbons (Fsp3) is 0.160. The van der Waals surface area contributed by atoms with Gasteiger partial charge in [-0.3, -0.25) is 0 Å². The number of carbonyl (C=O) groups is 1. The summed E-state index contributed by atoms with van der Waals surface area (Å²) in [6.07, 6.45) is -0.522. The SMILES string of the molecule is CC(C)OC(=O)c1cccc(-c2ccc(OCBr)cc2)c1Oc1c(F)c(F)c(C#N)c(C#N)c1F. The molecule has 0 unspecified atom stereocenters. The summed E-state index contributed by atoms with van der Waals surface area (Å²) < 4.78 is 60.3. The predicted octanol–water partition coefficient (Wildman–Crippen LogP) is 6.60. The Kier molecular flexibility index (Phi) is 8.00. The van der Waals surface area contributed by atoms with Crippen LogP contribution in [-0.4, -0.2) is 17.6 Å². The highest BCUT2D eigenvalue weighted by Crippen LogP contribution is 2.41. The summed E-state index contributed by atoms with van der Waals surface area (Å²) in [5, 5.41) is 18.2. The van der Waals surface area contributed by atoms with Crippen LogP contribution in [0.1, 0.15) is 35.3 Å². The van der Waals surface area contributed by atoms with Gasteiger partial charge in [0.05, 0.1) is 6.10 Å².